The Hall–Kier alpha value is -2.24. The first-order valence-corrected chi connectivity index (χ1v) is 9.99. The van der Waals surface area contributed by atoms with Crippen LogP contribution in [0.1, 0.15) is 52.0 Å². The second kappa shape index (κ2) is 6.68. The molecule has 6 nitrogen and oxygen atoms in total. The van der Waals surface area contributed by atoms with Crippen LogP contribution < -0.4 is 9.47 Å². The zero-order valence-corrected chi connectivity index (χ0v) is 17.4. The third kappa shape index (κ3) is 3.33. The van der Waals surface area contributed by atoms with Gasteiger partial charge in [-0.05, 0) is 48.3 Å². The predicted octanol–water partition coefficient (Wildman–Crippen LogP) is 3.62. The lowest BCUT2D eigenvalue weighted by Gasteiger charge is -2.39. The van der Waals surface area contributed by atoms with Crippen LogP contribution in [0, 0.1) is 10.8 Å². The third-order valence-electron chi connectivity index (χ3n) is 6.36. The largest absolute Gasteiger partial charge is 0.497 e. The zero-order valence-electron chi connectivity index (χ0n) is 17.4. The molecule has 4 rings (SSSR count). The standard InChI is InChI=1S/C22H30N2O4/c1-21(2)10-14-11-22(3,12-21)13-24(14)20(25)19-9-17(23-28-19)16-8-15(26-4)6-7-18(16)27-5/h6-8,14,19H,9-13H2,1-5H3/t14-,19+,22-/m1/s1. The summed E-state index contributed by atoms with van der Waals surface area (Å²) >= 11 is 0. The highest BCUT2D eigenvalue weighted by atomic mass is 16.6. The van der Waals surface area contributed by atoms with Crippen molar-refractivity contribution in [3.63, 3.8) is 0 Å². The van der Waals surface area contributed by atoms with E-state index in [1.165, 1.54) is 0 Å². The molecule has 2 heterocycles. The molecule has 2 bridgehead atoms. The van der Waals surface area contributed by atoms with Gasteiger partial charge in [-0.3, -0.25) is 4.79 Å². The van der Waals surface area contributed by atoms with Gasteiger partial charge in [0, 0.05) is 24.6 Å². The van der Waals surface area contributed by atoms with Gasteiger partial charge in [0.25, 0.3) is 5.91 Å². The molecule has 1 saturated carbocycles. The third-order valence-corrected chi connectivity index (χ3v) is 6.36. The highest BCUT2D eigenvalue weighted by molar-refractivity contribution is 6.06. The molecule has 1 aliphatic carbocycles. The lowest BCUT2D eigenvalue weighted by molar-refractivity contribution is -0.143. The minimum absolute atomic E-state index is 0.0621. The number of amides is 1. The normalized spacial score (nSPS) is 30.6. The Bertz CT molecular complexity index is 819. The number of rotatable bonds is 4. The van der Waals surface area contributed by atoms with Crippen molar-refractivity contribution in [2.45, 2.75) is 58.6 Å². The minimum Gasteiger partial charge on any atom is -0.497 e. The summed E-state index contributed by atoms with van der Waals surface area (Å²) in [7, 11) is 3.25. The lowest BCUT2D eigenvalue weighted by atomic mass is 9.65. The van der Waals surface area contributed by atoms with Crippen LogP contribution in [0.2, 0.25) is 0 Å². The van der Waals surface area contributed by atoms with Crippen molar-refractivity contribution >= 4 is 11.6 Å². The quantitative estimate of drug-likeness (QED) is 0.793. The number of fused-ring (bicyclic) bond motifs is 2. The average Bonchev–Trinajstić information content (AvgIpc) is 3.22. The maximum Gasteiger partial charge on any atom is 0.267 e. The van der Waals surface area contributed by atoms with E-state index in [1.807, 2.05) is 18.2 Å². The molecule has 0 spiro atoms. The fourth-order valence-corrected chi connectivity index (χ4v) is 5.61. The van der Waals surface area contributed by atoms with Gasteiger partial charge in [0.2, 0.25) is 6.10 Å². The van der Waals surface area contributed by atoms with Crippen LogP contribution >= 0.6 is 0 Å². The van der Waals surface area contributed by atoms with E-state index in [0.29, 0.717) is 18.2 Å². The summed E-state index contributed by atoms with van der Waals surface area (Å²) in [5.74, 6) is 1.48. The van der Waals surface area contributed by atoms with Crippen LogP contribution in [0.5, 0.6) is 11.5 Å². The molecule has 3 aliphatic rings. The molecule has 6 heteroatoms. The van der Waals surface area contributed by atoms with Gasteiger partial charge < -0.3 is 19.2 Å². The number of benzene rings is 1. The van der Waals surface area contributed by atoms with E-state index in [-0.39, 0.29) is 16.7 Å². The molecule has 152 valence electrons. The zero-order chi connectivity index (χ0) is 20.1. The Morgan fingerprint density at radius 2 is 2.00 bits per heavy atom. The van der Waals surface area contributed by atoms with Crippen molar-refractivity contribution in [3.05, 3.63) is 23.8 Å². The van der Waals surface area contributed by atoms with Gasteiger partial charge in [-0.1, -0.05) is 25.9 Å². The molecular formula is C22H30N2O4. The van der Waals surface area contributed by atoms with Crippen LogP contribution in [-0.4, -0.2) is 49.4 Å². The Morgan fingerprint density at radius 3 is 2.71 bits per heavy atom. The van der Waals surface area contributed by atoms with E-state index in [9.17, 15) is 4.79 Å². The van der Waals surface area contributed by atoms with Crippen LogP contribution in [0.15, 0.2) is 23.4 Å². The fourth-order valence-electron chi connectivity index (χ4n) is 5.61. The Labute approximate surface area is 166 Å². The highest BCUT2D eigenvalue weighted by Crippen LogP contribution is 2.52. The molecule has 1 aromatic carbocycles. The van der Waals surface area contributed by atoms with Crippen molar-refractivity contribution in [2.24, 2.45) is 16.0 Å². The van der Waals surface area contributed by atoms with Gasteiger partial charge in [-0.25, -0.2) is 0 Å². The van der Waals surface area contributed by atoms with Crippen LogP contribution in [0.25, 0.3) is 0 Å². The van der Waals surface area contributed by atoms with Gasteiger partial charge >= 0.3 is 0 Å². The van der Waals surface area contributed by atoms with E-state index >= 15 is 0 Å². The Morgan fingerprint density at radius 1 is 1.21 bits per heavy atom. The number of carbonyl (C=O) groups excluding carboxylic acids is 1. The molecule has 0 radical (unpaired) electrons. The molecule has 2 aliphatic heterocycles. The summed E-state index contributed by atoms with van der Waals surface area (Å²) < 4.78 is 10.8. The Balaban J connectivity index is 1.50. The first-order valence-electron chi connectivity index (χ1n) is 9.99. The number of ether oxygens (including phenoxy) is 2. The molecule has 0 unspecified atom stereocenters. The number of oxime groups is 1. The van der Waals surface area contributed by atoms with Crippen LogP contribution in [0.3, 0.4) is 0 Å². The summed E-state index contributed by atoms with van der Waals surface area (Å²) in [5, 5.41) is 4.23. The van der Waals surface area contributed by atoms with Gasteiger partial charge in [-0.2, -0.15) is 0 Å². The summed E-state index contributed by atoms with van der Waals surface area (Å²) in [5.41, 5.74) is 2.02. The maximum absolute atomic E-state index is 13.3. The summed E-state index contributed by atoms with van der Waals surface area (Å²) in [4.78, 5) is 20.9. The van der Waals surface area contributed by atoms with E-state index < -0.39 is 6.10 Å². The second-order valence-electron chi connectivity index (χ2n) is 9.58. The minimum atomic E-state index is -0.558. The van der Waals surface area contributed by atoms with Gasteiger partial charge in [0.05, 0.1) is 19.9 Å². The molecule has 1 aromatic rings. The molecule has 1 saturated heterocycles. The van der Waals surface area contributed by atoms with E-state index in [2.05, 4.69) is 30.8 Å². The average molecular weight is 386 g/mol. The summed E-state index contributed by atoms with van der Waals surface area (Å²) in [6.07, 6.45) is 3.20. The second-order valence-corrected chi connectivity index (χ2v) is 9.58. The summed E-state index contributed by atoms with van der Waals surface area (Å²) in [6.45, 7) is 7.76. The van der Waals surface area contributed by atoms with Crippen LogP contribution in [0.4, 0.5) is 0 Å². The van der Waals surface area contributed by atoms with E-state index in [1.54, 1.807) is 14.2 Å². The van der Waals surface area contributed by atoms with E-state index in [4.69, 9.17) is 14.3 Å². The Kier molecular flexibility index (Phi) is 4.55. The molecule has 2 fully saturated rings. The van der Waals surface area contributed by atoms with Gasteiger partial charge in [0.1, 0.15) is 11.5 Å². The summed E-state index contributed by atoms with van der Waals surface area (Å²) in [6, 6.07) is 5.87. The first-order chi connectivity index (χ1) is 13.2. The first kappa shape index (κ1) is 19.1. The fraction of sp³-hybridized carbons (Fsp3) is 0.636. The highest BCUT2D eigenvalue weighted by Gasteiger charge is 2.52. The predicted molar refractivity (Wildman–Crippen MR) is 107 cm³/mol. The SMILES string of the molecule is COc1ccc(OC)c(C2=NO[C@H](C(=O)N3C[C@]4(C)C[C@H]3CC(C)(C)C4)C2)c1. The number of carbonyl (C=O) groups is 1. The number of hydrogen-bond acceptors (Lipinski definition) is 5. The topological polar surface area (TPSA) is 60.4 Å². The van der Waals surface area contributed by atoms with Crippen molar-refractivity contribution in [2.75, 3.05) is 20.8 Å². The van der Waals surface area contributed by atoms with Crippen molar-refractivity contribution in [1.29, 1.82) is 0 Å². The van der Waals surface area contributed by atoms with Crippen molar-refractivity contribution < 1.29 is 19.1 Å². The maximum atomic E-state index is 13.3. The van der Waals surface area contributed by atoms with Crippen molar-refractivity contribution in [1.82, 2.24) is 4.90 Å². The molecule has 0 aromatic heterocycles. The monoisotopic (exact) mass is 386 g/mol. The van der Waals surface area contributed by atoms with Crippen LogP contribution in [-0.2, 0) is 9.63 Å². The number of methoxy groups -OCH3 is 2. The molecule has 28 heavy (non-hydrogen) atoms. The molecular weight excluding hydrogens is 356 g/mol. The number of nitrogens with zero attached hydrogens (tertiary/aromatic N) is 2. The molecule has 1 amide bonds. The molecule has 0 N–H and O–H groups in total. The van der Waals surface area contributed by atoms with E-state index in [0.717, 1.165) is 42.8 Å². The van der Waals surface area contributed by atoms with Crippen molar-refractivity contribution in [3.8, 4) is 11.5 Å². The number of likely N-dealkylation sites (tertiary alicyclic amines) is 1. The molecule has 3 atom stereocenters. The number of hydrogen-bond donors (Lipinski definition) is 0. The van der Waals surface area contributed by atoms with Gasteiger partial charge in [-0.15, -0.1) is 0 Å². The smallest absolute Gasteiger partial charge is 0.267 e. The van der Waals surface area contributed by atoms with Gasteiger partial charge in [0.15, 0.2) is 0 Å². The lowest BCUT2D eigenvalue weighted by Crippen LogP contribution is -2.43.